The number of carbonyl (C=O) groups excluding carboxylic acids is 2. The van der Waals surface area contributed by atoms with Crippen LogP contribution in [-0.2, 0) is 19.1 Å². The lowest BCUT2D eigenvalue weighted by atomic mass is 9.95. The second-order valence-electron chi connectivity index (χ2n) is 5.50. The van der Waals surface area contributed by atoms with Crippen molar-refractivity contribution >= 4 is 11.9 Å². The Kier molecular flexibility index (Phi) is 7.08. The number of carbonyl (C=O) groups is 2. The van der Waals surface area contributed by atoms with Crippen molar-refractivity contribution in [2.45, 2.75) is 25.4 Å². The van der Waals surface area contributed by atoms with Gasteiger partial charge >= 0.3 is 11.9 Å². The quantitative estimate of drug-likeness (QED) is 0.416. The molecule has 2 rings (SSSR count). The number of allylic oxidation sites excluding steroid dienone is 2. The summed E-state index contributed by atoms with van der Waals surface area (Å²) in [6.07, 6.45) is 6.78. The van der Waals surface area contributed by atoms with Gasteiger partial charge in [0.1, 0.15) is 19.0 Å². The van der Waals surface area contributed by atoms with Gasteiger partial charge < -0.3 is 14.2 Å². The highest BCUT2D eigenvalue weighted by molar-refractivity contribution is 5.81. The normalized spacial score (nSPS) is 17.6. The summed E-state index contributed by atoms with van der Waals surface area (Å²) in [6, 6.07) is 9.19. The predicted molar refractivity (Wildman–Crippen MR) is 89.5 cm³/mol. The van der Waals surface area contributed by atoms with E-state index in [1.54, 1.807) is 12.1 Å². The molecule has 0 amide bonds. The van der Waals surface area contributed by atoms with Gasteiger partial charge in [-0.3, -0.25) is 4.79 Å². The third-order valence-electron chi connectivity index (χ3n) is 3.64. The Morgan fingerprint density at radius 2 is 2.00 bits per heavy atom. The molecule has 2 unspecified atom stereocenters. The highest BCUT2D eigenvalue weighted by Gasteiger charge is 2.25. The predicted octanol–water partition coefficient (Wildman–Crippen LogP) is 3.06. The van der Waals surface area contributed by atoms with Crippen molar-refractivity contribution in [2.75, 3.05) is 13.2 Å². The van der Waals surface area contributed by atoms with Crippen LogP contribution in [0.25, 0.3) is 0 Å². The molecule has 0 spiro atoms. The summed E-state index contributed by atoms with van der Waals surface area (Å²) < 4.78 is 16.1. The highest BCUT2D eigenvalue weighted by atomic mass is 16.6. The average Bonchev–Trinajstić information content (AvgIpc) is 2.65. The van der Waals surface area contributed by atoms with Crippen LogP contribution in [-0.4, -0.2) is 31.3 Å². The first kappa shape index (κ1) is 17.8. The Morgan fingerprint density at radius 1 is 1.21 bits per heavy atom. The molecule has 0 saturated carbocycles. The molecule has 0 saturated heterocycles. The molecule has 0 heterocycles. The number of esters is 2. The highest BCUT2D eigenvalue weighted by Crippen LogP contribution is 2.20. The molecule has 5 heteroatoms. The molecule has 5 nitrogen and oxygen atoms in total. The molecule has 0 aliphatic heterocycles. The smallest absolute Gasteiger partial charge is 0.330 e. The first-order chi connectivity index (χ1) is 11.7. The minimum atomic E-state index is -0.660. The summed E-state index contributed by atoms with van der Waals surface area (Å²) in [7, 11) is 0. The van der Waals surface area contributed by atoms with Crippen molar-refractivity contribution in [3.63, 3.8) is 0 Å². The third-order valence-corrected chi connectivity index (χ3v) is 3.64. The van der Waals surface area contributed by atoms with Gasteiger partial charge in [-0.25, -0.2) is 4.79 Å². The van der Waals surface area contributed by atoms with Crippen LogP contribution in [0.1, 0.15) is 19.3 Å². The number of benzene rings is 1. The van der Waals surface area contributed by atoms with Crippen LogP contribution < -0.4 is 4.74 Å². The van der Waals surface area contributed by atoms with E-state index in [1.165, 1.54) is 0 Å². The fourth-order valence-corrected chi connectivity index (χ4v) is 2.32. The maximum absolute atomic E-state index is 12.3. The summed E-state index contributed by atoms with van der Waals surface area (Å²) in [5.41, 5.74) is 0. The van der Waals surface area contributed by atoms with E-state index in [9.17, 15) is 9.59 Å². The topological polar surface area (TPSA) is 61.8 Å². The van der Waals surface area contributed by atoms with E-state index in [2.05, 4.69) is 12.7 Å². The van der Waals surface area contributed by atoms with Crippen molar-refractivity contribution in [2.24, 2.45) is 5.92 Å². The molecule has 24 heavy (non-hydrogen) atoms. The number of hydrogen-bond acceptors (Lipinski definition) is 5. The second kappa shape index (κ2) is 9.55. The zero-order chi connectivity index (χ0) is 17.2. The summed E-state index contributed by atoms with van der Waals surface area (Å²) in [5, 5.41) is 0. The molecule has 1 aliphatic carbocycles. The van der Waals surface area contributed by atoms with Crippen molar-refractivity contribution in [3.05, 3.63) is 55.1 Å². The number of hydrogen-bond donors (Lipinski definition) is 0. The van der Waals surface area contributed by atoms with Crippen molar-refractivity contribution in [1.29, 1.82) is 0 Å². The minimum Gasteiger partial charge on any atom is -0.490 e. The van der Waals surface area contributed by atoms with Gasteiger partial charge in [0.05, 0.1) is 5.92 Å². The zero-order valence-corrected chi connectivity index (χ0v) is 13.6. The molecule has 1 aromatic carbocycles. The second-order valence-corrected chi connectivity index (χ2v) is 5.50. The lowest BCUT2D eigenvalue weighted by Gasteiger charge is -2.22. The summed E-state index contributed by atoms with van der Waals surface area (Å²) in [4.78, 5) is 23.5. The number of rotatable bonds is 8. The van der Waals surface area contributed by atoms with Gasteiger partial charge in [0.2, 0.25) is 0 Å². The molecule has 0 fully saturated rings. The van der Waals surface area contributed by atoms with Crippen LogP contribution in [0.5, 0.6) is 5.75 Å². The summed E-state index contributed by atoms with van der Waals surface area (Å²) in [5.74, 6) is -0.328. The van der Waals surface area contributed by atoms with E-state index in [0.29, 0.717) is 12.2 Å². The minimum absolute atomic E-state index is 0.0635. The maximum atomic E-state index is 12.3. The standard InChI is InChI=1S/C19H22O5/c1-2-18(20)23-14-17(13-22-16-11-7-4-8-12-16)24-19(21)15-9-5-3-6-10-15/h2-5,7-8,11-12,15,17H,1,6,9-10,13-14H2. The Hall–Kier alpha value is -2.56. The van der Waals surface area contributed by atoms with Crippen molar-refractivity contribution in [1.82, 2.24) is 0 Å². The van der Waals surface area contributed by atoms with Crippen LogP contribution in [0.3, 0.4) is 0 Å². The van der Waals surface area contributed by atoms with Gasteiger partial charge in [-0.15, -0.1) is 0 Å². The number of para-hydroxylation sites is 1. The number of ether oxygens (including phenoxy) is 3. The van der Waals surface area contributed by atoms with Crippen molar-refractivity contribution in [3.8, 4) is 5.75 Å². The Morgan fingerprint density at radius 3 is 2.67 bits per heavy atom. The van der Waals surface area contributed by atoms with Crippen LogP contribution >= 0.6 is 0 Å². The Balaban J connectivity index is 1.90. The molecule has 2 atom stereocenters. The van der Waals surface area contributed by atoms with E-state index in [4.69, 9.17) is 14.2 Å². The SMILES string of the molecule is C=CC(=O)OCC(COc1ccccc1)OC(=O)C1CC=CCC1. The molecule has 1 aromatic rings. The molecular weight excluding hydrogens is 308 g/mol. The first-order valence-electron chi connectivity index (χ1n) is 8.01. The molecule has 0 N–H and O–H groups in total. The molecule has 0 radical (unpaired) electrons. The molecule has 0 aromatic heterocycles. The monoisotopic (exact) mass is 330 g/mol. The third kappa shape index (κ3) is 5.91. The fourth-order valence-electron chi connectivity index (χ4n) is 2.32. The fraction of sp³-hybridized carbons (Fsp3) is 0.368. The Bertz CT molecular complexity index is 579. The molecule has 128 valence electrons. The van der Waals surface area contributed by atoms with E-state index in [-0.39, 0.29) is 25.1 Å². The molecular formula is C19H22O5. The first-order valence-corrected chi connectivity index (χ1v) is 8.01. The van der Waals surface area contributed by atoms with Gasteiger partial charge in [0.25, 0.3) is 0 Å². The zero-order valence-electron chi connectivity index (χ0n) is 13.6. The van der Waals surface area contributed by atoms with Gasteiger partial charge in [0, 0.05) is 6.08 Å². The largest absolute Gasteiger partial charge is 0.490 e. The van der Waals surface area contributed by atoms with Gasteiger partial charge in [-0.1, -0.05) is 36.9 Å². The maximum Gasteiger partial charge on any atom is 0.330 e. The summed E-state index contributed by atoms with van der Waals surface area (Å²) in [6.45, 7) is 3.40. The molecule has 1 aliphatic rings. The lowest BCUT2D eigenvalue weighted by Crippen LogP contribution is -2.33. The van der Waals surface area contributed by atoms with E-state index < -0.39 is 12.1 Å². The van der Waals surface area contributed by atoms with Crippen LogP contribution in [0, 0.1) is 5.92 Å². The summed E-state index contributed by atoms with van der Waals surface area (Å²) >= 11 is 0. The van der Waals surface area contributed by atoms with Crippen LogP contribution in [0.15, 0.2) is 55.1 Å². The van der Waals surface area contributed by atoms with E-state index in [0.717, 1.165) is 18.9 Å². The Labute approximate surface area is 141 Å². The van der Waals surface area contributed by atoms with E-state index in [1.807, 2.05) is 24.3 Å². The van der Waals surface area contributed by atoms with Gasteiger partial charge in [-0.05, 0) is 31.4 Å². The van der Waals surface area contributed by atoms with Crippen LogP contribution in [0.4, 0.5) is 0 Å². The van der Waals surface area contributed by atoms with E-state index >= 15 is 0 Å². The van der Waals surface area contributed by atoms with Gasteiger partial charge in [0.15, 0.2) is 6.10 Å². The molecule has 0 bridgehead atoms. The average molecular weight is 330 g/mol. The van der Waals surface area contributed by atoms with Gasteiger partial charge in [-0.2, -0.15) is 0 Å². The van der Waals surface area contributed by atoms with Crippen LogP contribution in [0.2, 0.25) is 0 Å². The lowest BCUT2D eigenvalue weighted by molar-refractivity contribution is -0.162. The van der Waals surface area contributed by atoms with Crippen molar-refractivity contribution < 1.29 is 23.8 Å².